The smallest absolute Gasteiger partial charge is 0.128 e. The maximum atomic E-state index is 10.5. The van der Waals surface area contributed by atoms with E-state index in [0.29, 0.717) is 13.2 Å². The normalized spacial score (nSPS) is 19.6. The van der Waals surface area contributed by atoms with Gasteiger partial charge in [-0.05, 0) is 81.5 Å². The molecule has 0 bridgehead atoms. The van der Waals surface area contributed by atoms with Gasteiger partial charge in [-0.25, -0.2) is 0 Å². The van der Waals surface area contributed by atoms with Gasteiger partial charge < -0.3 is 24.6 Å². The second-order valence-electron chi connectivity index (χ2n) is 10.6. The molecule has 1 unspecified atom stereocenters. The molecular formula is C30H42N4O2. The van der Waals surface area contributed by atoms with E-state index in [9.17, 15) is 5.11 Å². The van der Waals surface area contributed by atoms with Crippen LogP contribution >= 0.6 is 0 Å². The number of fused-ring (bicyclic) bond motifs is 1. The number of aromatic amines is 1. The van der Waals surface area contributed by atoms with Crippen molar-refractivity contribution in [2.45, 2.75) is 31.8 Å². The molecule has 5 rings (SSSR count). The Morgan fingerprint density at radius 1 is 0.833 bits per heavy atom. The molecule has 1 aromatic heterocycles. The third-order valence-electron chi connectivity index (χ3n) is 7.94. The number of ether oxygens (including phenoxy) is 1. The molecule has 2 aliphatic rings. The number of hydrogen-bond acceptors (Lipinski definition) is 5. The highest BCUT2D eigenvalue weighted by Gasteiger charge is 2.21. The third kappa shape index (κ3) is 7.10. The molecule has 194 valence electrons. The van der Waals surface area contributed by atoms with E-state index in [1.807, 2.05) is 30.5 Å². The van der Waals surface area contributed by atoms with Gasteiger partial charge in [-0.2, -0.15) is 0 Å². The van der Waals surface area contributed by atoms with E-state index < -0.39 is 6.10 Å². The van der Waals surface area contributed by atoms with Crippen molar-refractivity contribution in [1.29, 1.82) is 0 Å². The Hall–Kier alpha value is -2.38. The van der Waals surface area contributed by atoms with E-state index in [-0.39, 0.29) is 0 Å². The Morgan fingerprint density at radius 2 is 1.56 bits per heavy atom. The van der Waals surface area contributed by atoms with Crippen LogP contribution in [-0.2, 0) is 6.42 Å². The molecule has 2 saturated heterocycles. The fourth-order valence-corrected chi connectivity index (χ4v) is 5.79. The van der Waals surface area contributed by atoms with E-state index in [2.05, 4.69) is 50.0 Å². The predicted octanol–water partition coefficient (Wildman–Crippen LogP) is 3.87. The predicted molar refractivity (Wildman–Crippen MR) is 147 cm³/mol. The molecule has 1 atom stereocenters. The van der Waals surface area contributed by atoms with E-state index in [1.54, 1.807) is 0 Å². The molecule has 6 nitrogen and oxygen atoms in total. The average molecular weight is 491 g/mol. The van der Waals surface area contributed by atoms with E-state index in [0.717, 1.165) is 48.7 Å². The lowest BCUT2D eigenvalue weighted by molar-refractivity contribution is 0.0454. The molecule has 0 spiro atoms. The molecule has 36 heavy (non-hydrogen) atoms. The maximum Gasteiger partial charge on any atom is 0.128 e. The number of nitrogens with one attached hydrogen (secondary N) is 1. The summed E-state index contributed by atoms with van der Waals surface area (Å²) in [5.41, 5.74) is 2.55. The Bertz CT molecular complexity index is 1040. The second-order valence-corrected chi connectivity index (χ2v) is 10.6. The Labute approximate surface area is 215 Å². The van der Waals surface area contributed by atoms with Gasteiger partial charge >= 0.3 is 0 Å². The summed E-state index contributed by atoms with van der Waals surface area (Å²) in [5, 5.41) is 11.6. The second kappa shape index (κ2) is 12.7. The van der Waals surface area contributed by atoms with Crippen molar-refractivity contribution < 1.29 is 9.84 Å². The van der Waals surface area contributed by atoms with E-state index >= 15 is 0 Å². The van der Waals surface area contributed by atoms with Gasteiger partial charge in [0.05, 0.1) is 0 Å². The van der Waals surface area contributed by atoms with Gasteiger partial charge in [0.15, 0.2) is 0 Å². The highest BCUT2D eigenvalue weighted by molar-refractivity contribution is 5.85. The van der Waals surface area contributed by atoms with Crippen molar-refractivity contribution >= 4 is 10.9 Å². The van der Waals surface area contributed by atoms with E-state index in [4.69, 9.17) is 4.74 Å². The summed E-state index contributed by atoms with van der Waals surface area (Å²) < 4.78 is 5.94. The van der Waals surface area contributed by atoms with Gasteiger partial charge in [-0.3, -0.25) is 4.90 Å². The van der Waals surface area contributed by atoms with Crippen LogP contribution in [0.2, 0.25) is 0 Å². The standard InChI is InChI=1S/C30H42N4O2/c35-27(24-36-30-9-4-8-29-28(30)10-13-31-29)23-34-20-18-33(19-21-34)15-5-14-32-16-11-26(12-17-32)22-25-6-2-1-3-7-25/h1-4,6-10,13,26-27,31,35H,5,11-12,14-24H2. The third-order valence-corrected chi connectivity index (χ3v) is 7.94. The summed E-state index contributed by atoms with van der Waals surface area (Å²) in [6, 6.07) is 19.0. The average Bonchev–Trinajstić information content (AvgIpc) is 3.40. The molecule has 3 aromatic rings. The highest BCUT2D eigenvalue weighted by atomic mass is 16.5. The molecule has 2 N–H and O–H groups in total. The summed E-state index contributed by atoms with van der Waals surface area (Å²) in [6.45, 7) is 10.1. The van der Waals surface area contributed by atoms with Crippen LogP contribution in [0.25, 0.3) is 10.9 Å². The quantitative estimate of drug-likeness (QED) is 0.427. The molecule has 0 radical (unpaired) electrons. The highest BCUT2D eigenvalue weighted by Crippen LogP contribution is 2.25. The van der Waals surface area contributed by atoms with Crippen molar-refractivity contribution in [2.24, 2.45) is 5.92 Å². The number of nitrogens with zero attached hydrogens (tertiary/aromatic N) is 3. The Kier molecular flexibility index (Phi) is 8.94. The number of aliphatic hydroxyl groups is 1. The number of H-pyrrole nitrogens is 1. The van der Waals surface area contributed by atoms with Crippen molar-refractivity contribution in [3.63, 3.8) is 0 Å². The van der Waals surface area contributed by atoms with Crippen LogP contribution in [0.1, 0.15) is 24.8 Å². The van der Waals surface area contributed by atoms with Crippen LogP contribution in [0, 0.1) is 5.92 Å². The molecule has 6 heteroatoms. The zero-order valence-electron chi connectivity index (χ0n) is 21.5. The number of aliphatic hydroxyl groups excluding tert-OH is 1. The first kappa shape index (κ1) is 25.3. The first-order valence-corrected chi connectivity index (χ1v) is 13.8. The molecule has 0 saturated carbocycles. The summed E-state index contributed by atoms with van der Waals surface area (Å²) >= 11 is 0. The largest absolute Gasteiger partial charge is 0.490 e. The van der Waals surface area contributed by atoms with Crippen LogP contribution in [-0.4, -0.2) is 96.4 Å². The van der Waals surface area contributed by atoms with Crippen molar-refractivity contribution in [3.8, 4) is 5.75 Å². The molecular weight excluding hydrogens is 448 g/mol. The minimum atomic E-state index is -0.476. The summed E-state index contributed by atoms with van der Waals surface area (Å²) in [7, 11) is 0. The molecule has 2 fully saturated rings. The van der Waals surface area contributed by atoms with Crippen LogP contribution in [0.4, 0.5) is 0 Å². The summed E-state index contributed by atoms with van der Waals surface area (Å²) in [5.74, 6) is 1.68. The lowest BCUT2D eigenvalue weighted by Crippen LogP contribution is -2.49. The number of hydrogen-bond donors (Lipinski definition) is 2. The van der Waals surface area contributed by atoms with Crippen molar-refractivity contribution in [1.82, 2.24) is 19.7 Å². The number of rotatable bonds is 11. The number of piperidine rings is 1. The molecule has 0 aliphatic carbocycles. The number of piperazine rings is 1. The molecule has 0 amide bonds. The summed E-state index contributed by atoms with van der Waals surface area (Å²) in [6.07, 6.45) is 6.60. The first-order chi connectivity index (χ1) is 17.7. The molecule has 2 aromatic carbocycles. The minimum Gasteiger partial charge on any atom is -0.490 e. The lowest BCUT2D eigenvalue weighted by Gasteiger charge is -2.36. The van der Waals surface area contributed by atoms with Gasteiger partial charge in [0.2, 0.25) is 0 Å². The number of benzene rings is 2. The summed E-state index contributed by atoms with van der Waals surface area (Å²) in [4.78, 5) is 10.8. The van der Waals surface area contributed by atoms with Crippen LogP contribution in [0.3, 0.4) is 0 Å². The Balaban J connectivity index is 0.930. The van der Waals surface area contributed by atoms with Crippen LogP contribution in [0.5, 0.6) is 5.75 Å². The van der Waals surface area contributed by atoms with Gasteiger partial charge in [0, 0.05) is 49.8 Å². The fraction of sp³-hybridized carbons (Fsp3) is 0.533. The molecule has 2 aliphatic heterocycles. The Morgan fingerprint density at radius 3 is 2.33 bits per heavy atom. The zero-order valence-corrected chi connectivity index (χ0v) is 21.5. The SMILES string of the molecule is OC(COc1cccc2[nH]ccc12)CN1CCN(CCCN2CCC(Cc3ccccc3)CC2)CC1. The van der Waals surface area contributed by atoms with Gasteiger partial charge in [0.25, 0.3) is 0 Å². The van der Waals surface area contributed by atoms with Crippen molar-refractivity contribution in [3.05, 3.63) is 66.4 Å². The molecule has 3 heterocycles. The topological polar surface area (TPSA) is 55.0 Å². The van der Waals surface area contributed by atoms with Crippen molar-refractivity contribution in [2.75, 3.05) is 65.5 Å². The minimum absolute atomic E-state index is 0.326. The number of likely N-dealkylation sites (tertiary alicyclic amines) is 1. The van der Waals surface area contributed by atoms with E-state index in [1.165, 1.54) is 57.4 Å². The first-order valence-electron chi connectivity index (χ1n) is 13.8. The van der Waals surface area contributed by atoms with Crippen LogP contribution < -0.4 is 4.74 Å². The number of β-amino-alcohol motifs (C(OH)–C–C–N with tert-alkyl or cyclic N) is 1. The van der Waals surface area contributed by atoms with Crippen LogP contribution in [0.15, 0.2) is 60.8 Å². The monoisotopic (exact) mass is 490 g/mol. The van der Waals surface area contributed by atoms with Gasteiger partial charge in [0.1, 0.15) is 18.5 Å². The lowest BCUT2D eigenvalue weighted by atomic mass is 9.90. The number of aromatic nitrogens is 1. The van der Waals surface area contributed by atoms with Gasteiger partial charge in [-0.1, -0.05) is 36.4 Å². The zero-order chi connectivity index (χ0) is 24.6. The maximum absolute atomic E-state index is 10.5. The van der Waals surface area contributed by atoms with Gasteiger partial charge in [-0.15, -0.1) is 0 Å². The fourth-order valence-electron chi connectivity index (χ4n) is 5.79.